The number of halogens is 4. The van der Waals surface area contributed by atoms with Gasteiger partial charge < -0.3 is 0 Å². The normalized spacial score (nSPS) is 11.4. The van der Waals surface area contributed by atoms with Crippen LogP contribution in [-0.4, -0.2) is 6.29 Å². The van der Waals surface area contributed by atoms with E-state index in [1.807, 2.05) is 0 Å². The van der Waals surface area contributed by atoms with Crippen molar-refractivity contribution in [3.05, 3.63) is 58.1 Å². The van der Waals surface area contributed by atoms with Crippen LogP contribution in [0.5, 0.6) is 0 Å². The molecule has 0 aromatic heterocycles. The molecule has 0 amide bonds. The summed E-state index contributed by atoms with van der Waals surface area (Å²) in [6, 6.07) is 9.86. The summed E-state index contributed by atoms with van der Waals surface area (Å²) in [5.74, 6) is 0. The molecule has 0 N–H and O–H groups in total. The van der Waals surface area contributed by atoms with Crippen molar-refractivity contribution in [1.82, 2.24) is 0 Å². The molecule has 0 aliphatic heterocycles. The molecule has 0 aliphatic rings. The molecule has 0 heterocycles. The zero-order valence-corrected chi connectivity index (χ0v) is 11.1. The third kappa shape index (κ3) is 3.04. The average Bonchev–Trinajstić information content (AvgIpc) is 2.38. The van der Waals surface area contributed by atoms with E-state index in [4.69, 9.17) is 0 Å². The number of hydrogen-bond donors (Lipinski definition) is 0. The zero-order valence-electron chi connectivity index (χ0n) is 9.54. The first-order valence-corrected chi connectivity index (χ1v) is 6.13. The number of rotatable bonds is 2. The smallest absolute Gasteiger partial charge is 0.298 e. The number of alkyl halides is 3. The predicted molar refractivity (Wildman–Crippen MR) is 70.0 cm³/mol. The van der Waals surface area contributed by atoms with Gasteiger partial charge in [0.15, 0.2) is 0 Å². The first kappa shape index (κ1) is 13.8. The fourth-order valence-electron chi connectivity index (χ4n) is 1.70. The largest absolute Gasteiger partial charge is 0.416 e. The average molecular weight is 329 g/mol. The van der Waals surface area contributed by atoms with Crippen LogP contribution in [0.4, 0.5) is 13.2 Å². The highest BCUT2D eigenvalue weighted by atomic mass is 79.9. The monoisotopic (exact) mass is 328 g/mol. The van der Waals surface area contributed by atoms with E-state index in [0.29, 0.717) is 27.4 Å². The molecule has 0 atom stereocenters. The fraction of sp³-hybridized carbons (Fsp3) is 0.0714. The van der Waals surface area contributed by atoms with Crippen molar-refractivity contribution in [3.63, 3.8) is 0 Å². The lowest BCUT2D eigenvalue weighted by Crippen LogP contribution is -2.04. The topological polar surface area (TPSA) is 17.1 Å². The minimum absolute atomic E-state index is 0.401. The number of aldehydes is 1. The Morgan fingerprint density at radius 3 is 2.42 bits per heavy atom. The molecule has 0 saturated carbocycles. The standard InChI is InChI=1S/C14H8BrF3O/c15-13-5-4-11(14(16,17)18)7-12(13)10-3-1-2-9(6-10)8-19/h1-8H. The molecule has 2 aromatic carbocycles. The molecule has 0 radical (unpaired) electrons. The third-order valence-corrected chi connectivity index (χ3v) is 3.32. The van der Waals surface area contributed by atoms with Crippen molar-refractivity contribution in [2.45, 2.75) is 6.18 Å². The lowest BCUT2D eigenvalue weighted by atomic mass is 10.0. The first-order chi connectivity index (χ1) is 8.91. The van der Waals surface area contributed by atoms with Gasteiger partial charge in [-0.15, -0.1) is 0 Å². The molecule has 0 bridgehead atoms. The molecule has 0 aliphatic carbocycles. The summed E-state index contributed by atoms with van der Waals surface area (Å²) in [5, 5.41) is 0. The number of carbonyl (C=O) groups is 1. The van der Waals surface area contributed by atoms with Gasteiger partial charge in [-0.1, -0.05) is 34.1 Å². The molecule has 0 spiro atoms. The first-order valence-electron chi connectivity index (χ1n) is 5.34. The summed E-state index contributed by atoms with van der Waals surface area (Å²) < 4.78 is 38.6. The minimum Gasteiger partial charge on any atom is -0.298 e. The van der Waals surface area contributed by atoms with Gasteiger partial charge in [0, 0.05) is 10.0 Å². The third-order valence-electron chi connectivity index (χ3n) is 2.63. The molecular weight excluding hydrogens is 321 g/mol. The molecule has 0 saturated heterocycles. The molecule has 2 rings (SSSR count). The predicted octanol–water partition coefficient (Wildman–Crippen LogP) is 4.95. The van der Waals surface area contributed by atoms with Gasteiger partial charge in [0.05, 0.1) is 5.56 Å². The van der Waals surface area contributed by atoms with E-state index in [2.05, 4.69) is 15.9 Å². The van der Waals surface area contributed by atoms with E-state index in [0.717, 1.165) is 12.1 Å². The molecule has 98 valence electrons. The number of carbonyl (C=O) groups excluding carboxylic acids is 1. The van der Waals surface area contributed by atoms with Gasteiger partial charge >= 0.3 is 6.18 Å². The Balaban J connectivity index is 2.57. The van der Waals surface area contributed by atoms with Crippen molar-refractivity contribution < 1.29 is 18.0 Å². The lowest BCUT2D eigenvalue weighted by molar-refractivity contribution is -0.137. The molecule has 1 nitrogen and oxygen atoms in total. The summed E-state index contributed by atoms with van der Waals surface area (Å²) in [4.78, 5) is 10.7. The Morgan fingerprint density at radius 1 is 1.05 bits per heavy atom. The van der Waals surface area contributed by atoms with Gasteiger partial charge in [0.2, 0.25) is 0 Å². The summed E-state index contributed by atoms with van der Waals surface area (Å²) in [5.41, 5.74) is 0.658. The second-order valence-corrected chi connectivity index (χ2v) is 4.79. The van der Waals surface area contributed by atoms with Crippen LogP contribution in [0.3, 0.4) is 0 Å². The summed E-state index contributed by atoms with van der Waals surface area (Å²) in [7, 11) is 0. The van der Waals surface area contributed by atoms with Gasteiger partial charge in [-0.3, -0.25) is 4.79 Å². The number of hydrogen-bond acceptors (Lipinski definition) is 1. The molecule has 2 aromatic rings. The minimum atomic E-state index is -4.39. The lowest BCUT2D eigenvalue weighted by Gasteiger charge is -2.11. The molecule has 0 fully saturated rings. The van der Waals surface area contributed by atoms with Crippen LogP contribution < -0.4 is 0 Å². The Hall–Kier alpha value is -1.62. The van der Waals surface area contributed by atoms with E-state index < -0.39 is 11.7 Å². The Labute approximate surface area is 116 Å². The summed E-state index contributed by atoms with van der Waals surface area (Å²) in [6.45, 7) is 0. The fourth-order valence-corrected chi connectivity index (χ4v) is 2.18. The Kier molecular flexibility index (Phi) is 3.75. The zero-order chi connectivity index (χ0) is 14.0. The second-order valence-electron chi connectivity index (χ2n) is 3.94. The molecular formula is C14H8BrF3O. The van der Waals surface area contributed by atoms with Crippen LogP contribution in [0.1, 0.15) is 15.9 Å². The van der Waals surface area contributed by atoms with Crippen LogP contribution in [-0.2, 0) is 6.18 Å². The van der Waals surface area contributed by atoms with Crippen molar-refractivity contribution in [3.8, 4) is 11.1 Å². The van der Waals surface area contributed by atoms with Crippen molar-refractivity contribution in [2.24, 2.45) is 0 Å². The SMILES string of the molecule is O=Cc1cccc(-c2cc(C(F)(F)F)ccc2Br)c1. The van der Waals surface area contributed by atoms with E-state index in [-0.39, 0.29) is 0 Å². The van der Waals surface area contributed by atoms with E-state index in [1.165, 1.54) is 6.07 Å². The van der Waals surface area contributed by atoms with Crippen LogP contribution in [0.15, 0.2) is 46.9 Å². The van der Waals surface area contributed by atoms with Gasteiger partial charge in [0.25, 0.3) is 0 Å². The highest BCUT2D eigenvalue weighted by Gasteiger charge is 2.30. The number of benzene rings is 2. The van der Waals surface area contributed by atoms with Crippen LogP contribution in [0.2, 0.25) is 0 Å². The molecule has 5 heteroatoms. The maximum absolute atomic E-state index is 12.7. The second kappa shape index (κ2) is 5.17. The maximum Gasteiger partial charge on any atom is 0.416 e. The van der Waals surface area contributed by atoms with E-state index >= 15 is 0 Å². The van der Waals surface area contributed by atoms with Gasteiger partial charge in [-0.25, -0.2) is 0 Å². The van der Waals surface area contributed by atoms with Crippen LogP contribution >= 0.6 is 15.9 Å². The molecule has 19 heavy (non-hydrogen) atoms. The van der Waals surface area contributed by atoms with Gasteiger partial charge in [-0.2, -0.15) is 13.2 Å². The van der Waals surface area contributed by atoms with E-state index in [9.17, 15) is 18.0 Å². The van der Waals surface area contributed by atoms with E-state index in [1.54, 1.807) is 24.3 Å². The van der Waals surface area contributed by atoms with Crippen molar-refractivity contribution in [1.29, 1.82) is 0 Å². The van der Waals surface area contributed by atoms with Gasteiger partial charge in [0.1, 0.15) is 6.29 Å². The summed E-state index contributed by atoms with van der Waals surface area (Å²) >= 11 is 3.22. The van der Waals surface area contributed by atoms with Crippen molar-refractivity contribution in [2.75, 3.05) is 0 Å². The Bertz CT molecular complexity index is 620. The quantitative estimate of drug-likeness (QED) is 0.713. The van der Waals surface area contributed by atoms with Gasteiger partial charge in [-0.05, 0) is 35.4 Å². The highest BCUT2D eigenvalue weighted by Crippen LogP contribution is 2.36. The Morgan fingerprint density at radius 2 is 1.79 bits per heavy atom. The van der Waals surface area contributed by atoms with Crippen LogP contribution in [0.25, 0.3) is 11.1 Å². The van der Waals surface area contributed by atoms with Crippen molar-refractivity contribution >= 4 is 22.2 Å². The maximum atomic E-state index is 12.7. The molecule has 0 unspecified atom stereocenters. The van der Waals surface area contributed by atoms with Crippen LogP contribution in [0, 0.1) is 0 Å². The highest BCUT2D eigenvalue weighted by molar-refractivity contribution is 9.10. The summed E-state index contributed by atoms with van der Waals surface area (Å²) in [6.07, 6.45) is -3.73.